The molecular weight excluding hydrogens is 977 g/mol. The van der Waals surface area contributed by atoms with Crippen molar-refractivity contribution in [3.8, 4) is 17.6 Å². The highest BCUT2D eigenvalue weighted by molar-refractivity contribution is 9.10. The van der Waals surface area contributed by atoms with Crippen LogP contribution in [-0.2, 0) is 32.6 Å². The van der Waals surface area contributed by atoms with E-state index in [0.29, 0.717) is 69.0 Å². The minimum atomic E-state index is -3.65. The monoisotopic (exact) mass is 1030 g/mol. The first-order chi connectivity index (χ1) is 33.8. The molecule has 2 aromatic heterocycles. The number of aryl methyl sites for hydroxylation is 1. The lowest BCUT2D eigenvalue weighted by atomic mass is 9.99. The van der Waals surface area contributed by atoms with E-state index >= 15 is 0 Å². The van der Waals surface area contributed by atoms with Crippen LogP contribution in [0.2, 0.25) is 0 Å². The second kappa shape index (κ2) is 20.9. The number of hydrogen-bond donors (Lipinski definition) is 3. The number of nitrogens with one attached hydrogen (secondary N) is 3. The van der Waals surface area contributed by atoms with Crippen LogP contribution >= 0.6 is 15.9 Å². The van der Waals surface area contributed by atoms with Gasteiger partial charge in [-0.1, -0.05) is 24.8 Å². The molecule has 70 heavy (non-hydrogen) atoms. The van der Waals surface area contributed by atoms with Gasteiger partial charge in [0, 0.05) is 113 Å². The Bertz CT molecular complexity index is 3000. The molecular formula is C50H57BrN12O6S. The molecule has 9 rings (SSSR count). The number of piperidine rings is 2. The number of fused-ring (bicyclic) bond motifs is 2. The van der Waals surface area contributed by atoms with Gasteiger partial charge in [0.25, 0.3) is 5.91 Å². The number of methoxy groups -OCH3 is 1. The van der Waals surface area contributed by atoms with Crippen LogP contribution in [0.25, 0.3) is 11.0 Å². The van der Waals surface area contributed by atoms with Gasteiger partial charge in [-0.2, -0.15) is 4.98 Å². The normalized spacial score (nSPS) is 18.1. The van der Waals surface area contributed by atoms with E-state index in [4.69, 9.17) is 9.72 Å². The maximum absolute atomic E-state index is 13.2. The number of unbranched alkanes of at least 4 members (excludes halogenated alkanes) is 1. The second-order valence-electron chi connectivity index (χ2n) is 18.0. The number of rotatable bonds is 14. The topological polar surface area (TPSA) is 198 Å². The minimum absolute atomic E-state index is 0.182. The average molecular weight is 1030 g/mol. The summed E-state index contributed by atoms with van der Waals surface area (Å²) in [6.45, 7) is 9.51. The molecule has 20 heteroatoms. The van der Waals surface area contributed by atoms with Gasteiger partial charge in [0.2, 0.25) is 27.8 Å². The Balaban J connectivity index is 0.770. The summed E-state index contributed by atoms with van der Waals surface area (Å²) in [6, 6.07) is 13.2. The van der Waals surface area contributed by atoms with Crippen molar-refractivity contribution < 1.29 is 27.5 Å². The number of hydrogen-bond acceptors (Lipinski definition) is 15. The Morgan fingerprint density at radius 1 is 0.957 bits per heavy atom. The van der Waals surface area contributed by atoms with E-state index in [1.807, 2.05) is 12.1 Å². The smallest absolute Gasteiger partial charge is 0.255 e. The van der Waals surface area contributed by atoms with Gasteiger partial charge in [-0.25, -0.2) is 13.4 Å². The van der Waals surface area contributed by atoms with Crippen molar-refractivity contribution in [2.24, 2.45) is 0 Å². The van der Waals surface area contributed by atoms with E-state index in [9.17, 15) is 22.8 Å². The van der Waals surface area contributed by atoms with Crippen molar-refractivity contribution in [1.82, 2.24) is 40.0 Å². The van der Waals surface area contributed by atoms with Crippen LogP contribution < -0.4 is 29.9 Å². The highest BCUT2D eigenvalue weighted by Crippen LogP contribution is 2.39. The van der Waals surface area contributed by atoms with E-state index in [1.165, 1.54) is 23.1 Å². The third kappa shape index (κ3) is 10.4. The van der Waals surface area contributed by atoms with Crippen molar-refractivity contribution in [1.29, 1.82) is 0 Å². The number of benzene rings is 3. The molecule has 4 aliphatic rings. The van der Waals surface area contributed by atoms with Gasteiger partial charge in [0.15, 0.2) is 0 Å². The van der Waals surface area contributed by atoms with Crippen molar-refractivity contribution in [3.63, 3.8) is 0 Å². The number of aromatic nitrogens is 4. The number of halogens is 1. The van der Waals surface area contributed by atoms with Crippen molar-refractivity contribution in [3.05, 3.63) is 87.8 Å². The first-order valence-electron chi connectivity index (χ1n) is 23.7. The fraction of sp³-hybridized carbons (Fsp3) is 0.420. The molecule has 0 aliphatic carbocycles. The molecule has 0 spiro atoms. The van der Waals surface area contributed by atoms with E-state index in [1.54, 1.807) is 42.6 Å². The molecule has 1 unspecified atom stereocenters. The molecule has 6 heterocycles. The molecule has 3 N–H and O–H groups in total. The summed E-state index contributed by atoms with van der Waals surface area (Å²) in [5.41, 5.74) is 7.13. The number of imide groups is 1. The molecule has 3 amide bonds. The van der Waals surface area contributed by atoms with E-state index < -0.39 is 22.0 Å². The Labute approximate surface area is 416 Å². The summed E-state index contributed by atoms with van der Waals surface area (Å²) in [5.74, 6) is 7.16. The highest BCUT2D eigenvalue weighted by atomic mass is 79.9. The number of nitrogens with zero attached hydrogens (tertiary/aromatic N) is 9. The first kappa shape index (κ1) is 48.6. The molecule has 18 nitrogen and oxygen atoms in total. The van der Waals surface area contributed by atoms with Gasteiger partial charge >= 0.3 is 0 Å². The molecule has 1 atom stereocenters. The molecule has 3 aromatic carbocycles. The summed E-state index contributed by atoms with van der Waals surface area (Å²) in [5, 5.41) is 9.04. The lowest BCUT2D eigenvalue weighted by molar-refractivity contribution is -0.136. The summed E-state index contributed by atoms with van der Waals surface area (Å²) >= 11 is 3.56. The lowest BCUT2D eigenvalue weighted by Crippen LogP contribution is -2.53. The van der Waals surface area contributed by atoms with Gasteiger partial charge in [-0.05, 0) is 96.0 Å². The van der Waals surface area contributed by atoms with Gasteiger partial charge in [0.05, 0.1) is 34.7 Å². The largest absolute Gasteiger partial charge is 0.494 e. The molecule has 3 fully saturated rings. The quantitative estimate of drug-likeness (QED) is 0.0683. The van der Waals surface area contributed by atoms with E-state index in [-0.39, 0.29) is 18.2 Å². The fourth-order valence-electron chi connectivity index (χ4n) is 9.90. The minimum Gasteiger partial charge on any atom is -0.494 e. The lowest BCUT2D eigenvalue weighted by Gasteiger charge is -2.43. The Hall–Kier alpha value is -6.40. The zero-order valence-electron chi connectivity index (χ0n) is 39.8. The fourth-order valence-corrected chi connectivity index (χ4v) is 10.7. The van der Waals surface area contributed by atoms with Gasteiger partial charge in [-0.3, -0.25) is 38.9 Å². The molecule has 4 aliphatic heterocycles. The molecule has 0 saturated carbocycles. The zero-order chi connectivity index (χ0) is 49.1. The van der Waals surface area contributed by atoms with Crippen LogP contribution in [0.4, 0.5) is 34.5 Å². The first-order valence-corrected chi connectivity index (χ1v) is 26.4. The molecule has 3 saturated heterocycles. The average Bonchev–Trinajstić information content (AvgIpc) is 3.70. The Morgan fingerprint density at radius 2 is 1.74 bits per heavy atom. The number of carbonyl (C=O) groups excluding carboxylic acids is 3. The third-order valence-electron chi connectivity index (χ3n) is 13.8. The summed E-state index contributed by atoms with van der Waals surface area (Å²) < 4.78 is 33.2. The number of anilines is 6. The van der Waals surface area contributed by atoms with Crippen LogP contribution in [-0.4, -0.2) is 139 Å². The number of piperazine rings is 1. The molecule has 366 valence electrons. The predicted molar refractivity (Wildman–Crippen MR) is 273 cm³/mol. The van der Waals surface area contributed by atoms with Crippen molar-refractivity contribution in [2.45, 2.75) is 70.5 Å². The van der Waals surface area contributed by atoms with Gasteiger partial charge < -0.3 is 30.1 Å². The van der Waals surface area contributed by atoms with E-state index in [2.05, 4.69) is 92.4 Å². The Morgan fingerprint density at radius 3 is 2.49 bits per heavy atom. The number of sulfonamides is 1. The van der Waals surface area contributed by atoms with E-state index in [0.717, 1.165) is 107 Å². The third-order valence-corrected chi connectivity index (χ3v) is 15.5. The molecule has 5 aromatic rings. The molecule has 0 bridgehead atoms. The zero-order valence-corrected chi connectivity index (χ0v) is 42.2. The second-order valence-corrected chi connectivity index (χ2v) is 20.9. The van der Waals surface area contributed by atoms with Crippen LogP contribution in [0.1, 0.15) is 72.5 Å². The van der Waals surface area contributed by atoms with Gasteiger partial charge in [0.1, 0.15) is 28.8 Å². The standard InChI is InChI=1S/C50H57BrN12O6S/c1-5-32-28-40(56-50-54-30-37(51)47(58-50)55-39-14-13-38-45(53-20-19-52-38)46(39)59(2)70(4,67)68)43(69-3)29-42(32)62-22-17-34(18-23-62)61-26-24-60(25-27-61)21-8-6-7-10-33-11-9-12-35-36(33)31-63(49(35)66)41-15-16-44(64)57-48(41)65/h9,11-14,19-20,28-30,34,41H,5-6,8,15-18,21-27,31H2,1-4H3,(H,57,64,65)(H2,54,55,56,58). The molecule has 0 radical (unpaired) electrons. The van der Waals surface area contributed by atoms with Gasteiger partial charge in [-0.15, -0.1) is 0 Å². The maximum atomic E-state index is 13.2. The summed E-state index contributed by atoms with van der Waals surface area (Å²) in [6.07, 6.45) is 11.1. The summed E-state index contributed by atoms with van der Waals surface area (Å²) in [4.78, 5) is 64.8. The van der Waals surface area contributed by atoms with Crippen LogP contribution in [0.15, 0.2) is 65.5 Å². The maximum Gasteiger partial charge on any atom is 0.255 e. The van der Waals surface area contributed by atoms with Crippen LogP contribution in [0, 0.1) is 11.8 Å². The SMILES string of the molecule is CCc1cc(Nc2ncc(Br)c(Nc3ccc4nccnc4c3N(C)S(C)(=O)=O)n2)c(OC)cc1N1CCC(N2CCN(CCCC#Cc3cccc4c3CN(C3CCC(=O)NC3=O)C4=O)CC2)CC1. The van der Waals surface area contributed by atoms with Crippen LogP contribution in [0.5, 0.6) is 5.75 Å². The Kier molecular flexibility index (Phi) is 14.5. The number of ether oxygens (including phenoxy) is 1. The summed E-state index contributed by atoms with van der Waals surface area (Å²) in [7, 11) is -0.505. The predicted octanol–water partition coefficient (Wildman–Crippen LogP) is 5.82. The van der Waals surface area contributed by atoms with Crippen LogP contribution in [0.3, 0.4) is 0 Å². The number of amides is 3. The number of carbonyl (C=O) groups is 3. The van der Waals surface area contributed by atoms with Crippen molar-refractivity contribution in [2.75, 3.05) is 86.1 Å². The van der Waals surface area contributed by atoms with Crippen molar-refractivity contribution >= 4 is 89.2 Å². The highest BCUT2D eigenvalue weighted by Gasteiger charge is 2.40.